The molecule has 1 saturated heterocycles. The number of likely N-dealkylation sites (tertiary alicyclic amines) is 1. The summed E-state index contributed by atoms with van der Waals surface area (Å²) in [5, 5.41) is 8.54. The predicted octanol–water partition coefficient (Wildman–Crippen LogP) is 2.60. The average molecular weight is 309 g/mol. The number of aryl methyl sites for hydroxylation is 2. The van der Waals surface area contributed by atoms with Gasteiger partial charge in [-0.2, -0.15) is 5.10 Å². The van der Waals surface area contributed by atoms with Crippen LogP contribution < -0.4 is 0 Å². The summed E-state index contributed by atoms with van der Waals surface area (Å²) in [7, 11) is 1.74. The van der Waals surface area contributed by atoms with Gasteiger partial charge in [0.05, 0.1) is 16.8 Å². The third-order valence-electron chi connectivity index (χ3n) is 3.77. The minimum absolute atomic E-state index is 0.0802. The Balaban J connectivity index is 1.86. The molecule has 1 aliphatic rings. The van der Waals surface area contributed by atoms with Crippen molar-refractivity contribution in [1.29, 1.82) is 0 Å². The van der Waals surface area contributed by atoms with E-state index in [1.54, 1.807) is 22.8 Å². The summed E-state index contributed by atoms with van der Waals surface area (Å²) in [5.41, 5.74) is 1.20. The molecule has 3 heterocycles. The summed E-state index contributed by atoms with van der Waals surface area (Å²) in [6, 6.07) is 1.85. The Labute approximate surface area is 127 Å². The molecule has 0 saturated carbocycles. The van der Waals surface area contributed by atoms with Gasteiger partial charge in [-0.25, -0.2) is 0 Å². The lowest BCUT2D eigenvalue weighted by Gasteiger charge is -2.21. The second-order valence-electron chi connectivity index (χ2n) is 5.23. The molecule has 1 unspecified atom stereocenters. The normalized spacial score (nSPS) is 18.4. The molecule has 0 spiro atoms. The van der Waals surface area contributed by atoms with Crippen LogP contribution in [0.25, 0.3) is 0 Å². The first-order valence-corrected chi connectivity index (χ1v) is 7.43. The Kier molecular flexibility index (Phi) is 3.71. The van der Waals surface area contributed by atoms with E-state index < -0.39 is 0 Å². The van der Waals surface area contributed by atoms with Crippen molar-refractivity contribution in [1.82, 2.24) is 19.8 Å². The number of halogens is 1. The van der Waals surface area contributed by atoms with Crippen molar-refractivity contribution in [2.24, 2.45) is 7.05 Å². The van der Waals surface area contributed by atoms with Crippen LogP contribution in [-0.4, -0.2) is 32.3 Å². The highest BCUT2D eigenvalue weighted by Gasteiger charge is 2.35. The maximum absolute atomic E-state index is 12.6. The first-order valence-electron chi connectivity index (χ1n) is 7.05. The Morgan fingerprint density at radius 3 is 3.00 bits per heavy atom. The van der Waals surface area contributed by atoms with Crippen molar-refractivity contribution in [3.63, 3.8) is 0 Å². The van der Waals surface area contributed by atoms with Gasteiger partial charge in [0.2, 0.25) is 0 Å². The second-order valence-corrected chi connectivity index (χ2v) is 5.64. The Hall–Kier alpha value is -1.82. The van der Waals surface area contributed by atoms with E-state index in [1.807, 2.05) is 13.0 Å². The van der Waals surface area contributed by atoms with E-state index in [0.717, 1.165) is 30.7 Å². The van der Waals surface area contributed by atoms with Crippen LogP contribution in [0.4, 0.5) is 0 Å². The zero-order valence-corrected chi connectivity index (χ0v) is 12.8. The van der Waals surface area contributed by atoms with Gasteiger partial charge in [-0.3, -0.25) is 9.48 Å². The molecular weight excluding hydrogens is 292 g/mol. The fraction of sp³-hybridized carbons (Fsp3) is 0.500. The quantitative estimate of drug-likeness (QED) is 0.874. The predicted molar refractivity (Wildman–Crippen MR) is 77.1 cm³/mol. The fourth-order valence-corrected chi connectivity index (χ4v) is 2.96. The van der Waals surface area contributed by atoms with Gasteiger partial charge in [-0.05, 0) is 19.3 Å². The maximum atomic E-state index is 12.6. The summed E-state index contributed by atoms with van der Waals surface area (Å²) < 4.78 is 6.93. The average Bonchev–Trinajstić information content (AvgIpc) is 3.15. The van der Waals surface area contributed by atoms with E-state index in [0.29, 0.717) is 17.3 Å². The number of rotatable bonds is 3. The van der Waals surface area contributed by atoms with Crippen molar-refractivity contribution in [2.75, 3.05) is 6.54 Å². The first kappa shape index (κ1) is 14.1. The topological polar surface area (TPSA) is 64.2 Å². The van der Waals surface area contributed by atoms with Crippen LogP contribution in [-0.2, 0) is 13.5 Å². The molecule has 1 fully saturated rings. The molecule has 0 bridgehead atoms. The molecule has 0 radical (unpaired) electrons. The number of hydrogen-bond donors (Lipinski definition) is 0. The Morgan fingerprint density at radius 2 is 2.38 bits per heavy atom. The second kappa shape index (κ2) is 5.52. The zero-order chi connectivity index (χ0) is 15.0. The van der Waals surface area contributed by atoms with Crippen LogP contribution in [0.15, 0.2) is 16.8 Å². The largest absolute Gasteiger partial charge is 0.359 e. The fourth-order valence-electron chi connectivity index (χ4n) is 2.70. The molecule has 112 valence electrons. The van der Waals surface area contributed by atoms with E-state index in [9.17, 15) is 4.79 Å². The minimum atomic E-state index is -0.155. The summed E-state index contributed by atoms with van der Waals surface area (Å²) in [5.74, 6) is 0.585. The molecule has 1 atom stereocenters. The van der Waals surface area contributed by atoms with Gasteiger partial charge in [0.1, 0.15) is 0 Å². The molecule has 1 aliphatic heterocycles. The van der Waals surface area contributed by atoms with Crippen LogP contribution in [0.2, 0.25) is 5.02 Å². The number of carbonyl (C=O) groups excluding carboxylic acids is 1. The number of hydrogen-bond acceptors (Lipinski definition) is 4. The van der Waals surface area contributed by atoms with Crippen molar-refractivity contribution in [2.45, 2.75) is 32.2 Å². The number of carbonyl (C=O) groups is 1. The molecule has 3 rings (SSSR count). The van der Waals surface area contributed by atoms with Crippen LogP contribution >= 0.6 is 11.6 Å². The van der Waals surface area contributed by atoms with Crippen LogP contribution in [0.1, 0.15) is 47.7 Å². The molecule has 0 aromatic carbocycles. The lowest BCUT2D eigenvalue weighted by molar-refractivity contribution is 0.0708. The molecule has 21 heavy (non-hydrogen) atoms. The lowest BCUT2D eigenvalue weighted by atomic mass is 10.1. The van der Waals surface area contributed by atoms with Crippen molar-refractivity contribution in [3.8, 4) is 0 Å². The summed E-state index contributed by atoms with van der Waals surface area (Å²) in [6.45, 7) is 2.70. The van der Waals surface area contributed by atoms with Crippen LogP contribution in [0.3, 0.4) is 0 Å². The molecule has 1 amide bonds. The van der Waals surface area contributed by atoms with Gasteiger partial charge < -0.3 is 9.42 Å². The van der Waals surface area contributed by atoms with Crippen molar-refractivity contribution >= 4 is 17.5 Å². The summed E-state index contributed by atoms with van der Waals surface area (Å²) in [4.78, 5) is 14.4. The smallest absolute Gasteiger partial charge is 0.276 e. The van der Waals surface area contributed by atoms with E-state index in [2.05, 4.69) is 10.3 Å². The molecule has 2 aromatic rings. The highest BCUT2D eigenvalue weighted by Crippen LogP contribution is 2.34. The molecule has 0 aliphatic carbocycles. The SMILES string of the molecule is CCc1cc(C2CCCN2C(=O)c2nn(C)cc2Cl)on1. The minimum Gasteiger partial charge on any atom is -0.359 e. The third kappa shape index (κ3) is 2.55. The molecule has 2 aromatic heterocycles. The van der Waals surface area contributed by atoms with Crippen molar-refractivity contribution in [3.05, 3.63) is 34.4 Å². The van der Waals surface area contributed by atoms with Crippen LogP contribution in [0, 0.1) is 0 Å². The number of nitrogens with zero attached hydrogens (tertiary/aromatic N) is 4. The first-order chi connectivity index (χ1) is 10.1. The van der Waals surface area contributed by atoms with E-state index in [-0.39, 0.29) is 11.9 Å². The number of aromatic nitrogens is 3. The molecule has 7 heteroatoms. The van der Waals surface area contributed by atoms with Gasteiger partial charge >= 0.3 is 0 Å². The Bertz CT molecular complexity index is 664. The van der Waals surface area contributed by atoms with E-state index in [4.69, 9.17) is 16.1 Å². The van der Waals surface area contributed by atoms with Gasteiger partial charge in [0.25, 0.3) is 5.91 Å². The third-order valence-corrected chi connectivity index (χ3v) is 4.04. The monoisotopic (exact) mass is 308 g/mol. The van der Waals surface area contributed by atoms with Gasteiger partial charge in [0.15, 0.2) is 11.5 Å². The van der Waals surface area contributed by atoms with Gasteiger partial charge in [-0.15, -0.1) is 0 Å². The van der Waals surface area contributed by atoms with Crippen molar-refractivity contribution < 1.29 is 9.32 Å². The maximum Gasteiger partial charge on any atom is 0.276 e. The van der Waals surface area contributed by atoms with E-state index >= 15 is 0 Å². The van der Waals surface area contributed by atoms with E-state index in [1.165, 1.54) is 0 Å². The molecule has 0 N–H and O–H groups in total. The lowest BCUT2D eigenvalue weighted by Crippen LogP contribution is -2.31. The van der Waals surface area contributed by atoms with Gasteiger partial charge in [-0.1, -0.05) is 23.7 Å². The zero-order valence-electron chi connectivity index (χ0n) is 12.0. The number of amides is 1. The highest BCUT2D eigenvalue weighted by molar-refractivity contribution is 6.33. The summed E-state index contributed by atoms with van der Waals surface area (Å²) >= 11 is 6.07. The summed E-state index contributed by atoms with van der Waals surface area (Å²) in [6.07, 6.45) is 4.25. The highest BCUT2D eigenvalue weighted by atomic mass is 35.5. The standard InChI is InChI=1S/C14H17ClN4O2/c1-3-9-7-12(21-17-9)11-5-4-6-19(11)14(20)13-10(15)8-18(2)16-13/h7-8,11H,3-6H2,1-2H3. The molecule has 6 nitrogen and oxygen atoms in total. The van der Waals surface area contributed by atoms with Crippen LogP contribution in [0.5, 0.6) is 0 Å². The Morgan fingerprint density at radius 1 is 1.57 bits per heavy atom. The molecular formula is C14H17ClN4O2. The van der Waals surface area contributed by atoms with Gasteiger partial charge in [0, 0.05) is 25.9 Å².